The maximum atomic E-state index is 12.2. The summed E-state index contributed by atoms with van der Waals surface area (Å²) in [5.41, 5.74) is 0.348. The van der Waals surface area contributed by atoms with Gasteiger partial charge in [-0.05, 0) is 24.8 Å². The summed E-state index contributed by atoms with van der Waals surface area (Å²) >= 11 is 0. The fourth-order valence-corrected chi connectivity index (χ4v) is 2.91. The molecule has 0 bridgehead atoms. The molecule has 0 aromatic heterocycles. The van der Waals surface area contributed by atoms with Gasteiger partial charge in [0, 0.05) is 13.1 Å². The molecule has 0 radical (unpaired) electrons. The van der Waals surface area contributed by atoms with Crippen molar-refractivity contribution in [1.82, 2.24) is 4.90 Å². The van der Waals surface area contributed by atoms with Gasteiger partial charge in [-0.25, -0.2) is 4.79 Å². The lowest BCUT2D eigenvalue weighted by Crippen LogP contribution is -2.50. The highest BCUT2D eigenvalue weighted by molar-refractivity contribution is 5.78. The van der Waals surface area contributed by atoms with Crippen molar-refractivity contribution in [3.8, 4) is 0 Å². The maximum Gasteiger partial charge on any atom is 0.410 e. The molecule has 1 atom stereocenters. The summed E-state index contributed by atoms with van der Waals surface area (Å²) in [5, 5.41) is 0. The van der Waals surface area contributed by atoms with E-state index in [4.69, 9.17) is 9.47 Å². The number of hydrogen-bond donors (Lipinski definition) is 0. The number of esters is 1. The Labute approximate surface area is 131 Å². The Balaban J connectivity index is 1.96. The van der Waals surface area contributed by atoms with Crippen LogP contribution in [-0.2, 0) is 20.9 Å². The molecule has 1 saturated heterocycles. The molecular weight excluding hydrogens is 282 g/mol. The molecule has 1 aromatic carbocycles. The summed E-state index contributed by atoms with van der Waals surface area (Å²) in [5.74, 6) is -0.240. The lowest BCUT2D eigenvalue weighted by Gasteiger charge is -2.39. The van der Waals surface area contributed by atoms with Gasteiger partial charge in [-0.15, -0.1) is 0 Å². The molecule has 0 aliphatic carbocycles. The van der Waals surface area contributed by atoms with E-state index in [-0.39, 0.29) is 18.7 Å². The molecule has 120 valence electrons. The van der Waals surface area contributed by atoms with Crippen LogP contribution in [0.4, 0.5) is 4.79 Å². The Morgan fingerprint density at radius 3 is 2.64 bits per heavy atom. The van der Waals surface area contributed by atoms with Crippen LogP contribution in [0, 0.1) is 5.41 Å². The van der Waals surface area contributed by atoms with Gasteiger partial charge < -0.3 is 14.4 Å². The highest BCUT2D eigenvalue weighted by Gasteiger charge is 2.43. The molecule has 2 rings (SSSR count). The standard InChI is InChI=1S/C17H23NO4/c1-3-17(15(19)21-2)10-7-11-18(13-17)16(20)22-12-14-8-5-4-6-9-14/h4-6,8-9H,3,7,10-13H2,1-2H3/t17-/m1/s1. The second-order valence-electron chi connectivity index (χ2n) is 5.69. The van der Waals surface area contributed by atoms with Crippen molar-refractivity contribution in [2.24, 2.45) is 5.41 Å². The first-order chi connectivity index (χ1) is 10.6. The highest BCUT2D eigenvalue weighted by Crippen LogP contribution is 2.34. The predicted octanol–water partition coefficient (Wildman–Crippen LogP) is 2.99. The third kappa shape index (κ3) is 3.59. The summed E-state index contributed by atoms with van der Waals surface area (Å²) in [4.78, 5) is 25.9. The summed E-state index contributed by atoms with van der Waals surface area (Å²) in [6.45, 7) is 3.18. The van der Waals surface area contributed by atoms with Crippen LogP contribution in [0.3, 0.4) is 0 Å². The molecule has 22 heavy (non-hydrogen) atoms. The zero-order chi connectivity index (χ0) is 16.0. The monoisotopic (exact) mass is 305 g/mol. The summed E-state index contributed by atoms with van der Waals surface area (Å²) in [7, 11) is 1.40. The zero-order valence-corrected chi connectivity index (χ0v) is 13.2. The van der Waals surface area contributed by atoms with Gasteiger partial charge in [0.15, 0.2) is 0 Å². The number of benzene rings is 1. The number of amides is 1. The van der Waals surface area contributed by atoms with E-state index in [9.17, 15) is 9.59 Å². The lowest BCUT2D eigenvalue weighted by atomic mass is 9.78. The first-order valence-electron chi connectivity index (χ1n) is 7.65. The van der Waals surface area contributed by atoms with Crippen LogP contribution in [0.25, 0.3) is 0 Å². The highest BCUT2D eigenvalue weighted by atomic mass is 16.6. The van der Waals surface area contributed by atoms with Gasteiger partial charge >= 0.3 is 12.1 Å². The number of carbonyl (C=O) groups excluding carboxylic acids is 2. The molecule has 1 aliphatic rings. The van der Waals surface area contributed by atoms with Gasteiger partial charge in [-0.1, -0.05) is 37.3 Å². The van der Waals surface area contributed by atoms with Gasteiger partial charge in [-0.2, -0.15) is 0 Å². The van der Waals surface area contributed by atoms with E-state index in [1.54, 1.807) is 4.90 Å². The van der Waals surface area contributed by atoms with E-state index in [2.05, 4.69) is 0 Å². The quantitative estimate of drug-likeness (QED) is 0.802. The van der Waals surface area contributed by atoms with Crippen LogP contribution in [-0.4, -0.2) is 37.2 Å². The van der Waals surface area contributed by atoms with Gasteiger partial charge in [-0.3, -0.25) is 4.79 Å². The molecule has 0 saturated carbocycles. The van der Waals surface area contributed by atoms with Crippen molar-refractivity contribution in [2.45, 2.75) is 32.8 Å². The van der Waals surface area contributed by atoms with Crippen molar-refractivity contribution in [3.05, 3.63) is 35.9 Å². The van der Waals surface area contributed by atoms with Crippen LogP contribution >= 0.6 is 0 Å². The average Bonchev–Trinajstić information content (AvgIpc) is 2.59. The smallest absolute Gasteiger partial charge is 0.410 e. The summed E-state index contributed by atoms with van der Waals surface area (Å²) in [6.07, 6.45) is 1.81. The van der Waals surface area contributed by atoms with E-state index in [0.29, 0.717) is 19.5 Å². The number of piperidine rings is 1. The second-order valence-corrected chi connectivity index (χ2v) is 5.69. The molecule has 1 aliphatic heterocycles. The van der Waals surface area contributed by atoms with E-state index in [0.717, 1.165) is 18.4 Å². The Morgan fingerprint density at radius 1 is 1.27 bits per heavy atom. The largest absolute Gasteiger partial charge is 0.469 e. The molecule has 1 fully saturated rings. The zero-order valence-electron chi connectivity index (χ0n) is 13.2. The summed E-state index contributed by atoms with van der Waals surface area (Å²) < 4.78 is 10.3. The number of ether oxygens (including phenoxy) is 2. The molecule has 1 aromatic rings. The van der Waals surface area contributed by atoms with Crippen LogP contribution in [0.2, 0.25) is 0 Å². The van der Waals surface area contributed by atoms with Gasteiger partial charge in [0.05, 0.1) is 12.5 Å². The number of hydrogen-bond acceptors (Lipinski definition) is 4. The molecular formula is C17H23NO4. The third-order valence-corrected chi connectivity index (χ3v) is 4.34. The van der Waals surface area contributed by atoms with Crippen molar-refractivity contribution in [2.75, 3.05) is 20.2 Å². The minimum atomic E-state index is -0.598. The van der Waals surface area contributed by atoms with Gasteiger partial charge in [0.1, 0.15) is 6.61 Å². The van der Waals surface area contributed by atoms with Gasteiger partial charge in [0.2, 0.25) is 0 Å². The normalized spacial score (nSPS) is 21.3. The topological polar surface area (TPSA) is 55.8 Å². The molecule has 1 heterocycles. The van der Waals surface area contributed by atoms with Crippen molar-refractivity contribution < 1.29 is 19.1 Å². The molecule has 0 N–H and O–H groups in total. The first-order valence-corrected chi connectivity index (χ1v) is 7.65. The van der Waals surface area contributed by atoms with Crippen LogP contribution < -0.4 is 0 Å². The van der Waals surface area contributed by atoms with Crippen LogP contribution in [0.1, 0.15) is 31.7 Å². The van der Waals surface area contributed by atoms with E-state index >= 15 is 0 Å². The molecule has 0 unspecified atom stereocenters. The fourth-order valence-electron chi connectivity index (χ4n) is 2.91. The van der Waals surface area contributed by atoms with Crippen LogP contribution in [0.15, 0.2) is 30.3 Å². The predicted molar refractivity (Wildman–Crippen MR) is 82.2 cm³/mol. The Hall–Kier alpha value is -2.04. The number of rotatable bonds is 4. The van der Waals surface area contributed by atoms with E-state index < -0.39 is 5.41 Å². The molecule has 5 heteroatoms. The van der Waals surface area contributed by atoms with Crippen molar-refractivity contribution in [3.63, 3.8) is 0 Å². The Morgan fingerprint density at radius 2 is 2.00 bits per heavy atom. The van der Waals surface area contributed by atoms with Crippen LogP contribution in [0.5, 0.6) is 0 Å². The minimum Gasteiger partial charge on any atom is -0.469 e. The average molecular weight is 305 g/mol. The van der Waals surface area contributed by atoms with Gasteiger partial charge in [0.25, 0.3) is 0 Å². The van der Waals surface area contributed by atoms with E-state index in [1.807, 2.05) is 37.3 Å². The van der Waals surface area contributed by atoms with Crippen molar-refractivity contribution >= 4 is 12.1 Å². The fraction of sp³-hybridized carbons (Fsp3) is 0.529. The number of carbonyl (C=O) groups is 2. The molecule has 1 amide bonds. The number of likely N-dealkylation sites (tertiary alicyclic amines) is 1. The third-order valence-electron chi connectivity index (χ3n) is 4.34. The lowest BCUT2D eigenvalue weighted by molar-refractivity contribution is -0.156. The Bertz CT molecular complexity index is 517. The second kappa shape index (κ2) is 7.29. The first kappa shape index (κ1) is 16.3. The Kier molecular flexibility index (Phi) is 5.41. The summed E-state index contributed by atoms with van der Waals surface area (Å²) in [6, 6.07) is 9.55. The van der Waals surface area contributed by atoms with E-state index in [1.165, 1.54) is 7.11 Å². The van der Waals surface area contributed by atoms with Crippen molar-refractivity contribution in [1.29, 1.82) is 0 Å². The molecule has 0 spiro atoms. The minimum absolute atomic E-state index is 0.240. The number of nitrogens with zero attached hydrogens (tertiary/aromatic N) is 1. The molecule has 5 nitrogen and oxygen atoms in total. The SMILES string of the molecule is CC[C@@]1(C(=O)OC)CCCN(C(=O)OCc2ccccc2)C1. The maximum absolute atomic E-state index is 12.2. The number of methoxy groups -OCH3 is 1.